The molecule has 0 radical (unpaired) electrons. The molecule has 0 saturated heterocycles. The number of benzene rings is 1. The number of nitrogens with zero attached hydrogens (tertiary/aromatic N) is 1. The monoisotopic (exact) mass is 253 g/mol. The highest BCUT2D eigenvalue weighted by atomic mass is 35.5. The summed E-state index contributed by atoms with van der Waals surface area (Å²) in [6.07, 6.45) is 0. The summed E-state index contributed by atoms with van der Waals surface area (Å²) in [7, 11) is 0. The first kappa shape index (κ1) is 13.5. The van der Waals surface area contributed by atoms with Crippen LogP contribution in [-0.2, 0) is 4.79 Å². The molecule has 0 heterocycles. The average Bonchev–Trinajstić information content (AvgIpc) is 2.24. The molecule has 0 spiro atoms. The van der Waals surface area contributed by atoms with E-state index in [9.17, 15) is 4.79 Å². The van der Waals surface area contributed by atoms with Gasteiger partial charge in [-0.15, -0.1) is 11.6 Å². The van der Waals surface area contributed by atoms with Gasteiger partial charge in [-0.25, -0.2) is 4.99 Å². The third-order valence-corrected chi connectivity index (χ3v) is 2.60. The Morgan fingerprint density at radius 1 is 1.41 bits per heavy atom. The lowest BCUT2D eigenvalue weighted by Gasteiger charge is -2.10. The van der Waals surface area contributed by atoms with Crippen LogP contribution in [0.25, 0.3) is 0 Å². The molecule has 0 aliphatic rings. The molecule has 0 fully saturated rings. The van der Waals surface area contributed by atoms with Crippen molar-refractivity contribution in [3.8, 4) is 0 Å². The molecule has 4 nitrogen and oxygen atoms in total. The molecular weight excluding hydrogens is 238 g/mol. The molecular formula is C12H16ClN3O. The molecule has 0 saturated carbocycles. The van der Waals surface area contributed by atoms with Crippen LogP contribution in [0.1, 0.15) is 18.1 Å². The molecule has 0 bridgehead atoms. The van der Waals surface area contributed by atoms with E-state index >= 15 is 0 Å². The van der Waals surface area contributed by atoms with Crippen LogP contribution in [0.5, 0.6) is 0 Å². The van der Waals surface area contributed by atoms with Gasteiger partial charge >= 0.3 is 0 Å². The number of aliphatic imine (C=N–C) groups is 1. The number of amidine groups is 1. The maximum Gasteiger partial charge on any atom is 0.221 e. The summed E-state index contributed by atoms with van der Waals surface area (Å²) in [6, 6.07) is 3.75. The van der Waals surface area contributed by atoms with Crippen LogP contribution in [0.15, 0.2) is 17.1 Å². The van der Waals surface area contributed by atoms with Gasteiger partial charge in [0.25, 0.3) is 0 Å². The number of nitrogens with two attached hydrogens (primary N) is 1. The second-order valence-electron chi connectivity index (χ2n) is 3.87. The zero-order chi connectivity index (χ0) is 13.0. The Kier molecular flexibility index (Phi) is 4.52. The minimum absolute atomic E-state index is 0.144. The predicted molar refractivity (Wildman–Crippen MR) is 72.2 cm³/mol. The second-order valence-corrected chi connectivity index (χ2v) is 4.14. The smallest absolute Gasteiger partial charge is 0.221 e. The number of hydrogen-bond acceptors (Lipinski definition) is 2. The molecule has 0 aromatic heterocycles. The lowest BCUT2D eigenvalue weighted by atomic mass is 10.1. The van der Waals surface area contributed by atoms with Crippen LogP contribution in [0.3, 0.4) is 0 Å². The van der Waals surface area contributed by atoms with Gasteiger partial charge in [-0.2, -0.15) is 0 Å². The average molecular weight is 254 g/mol. The van der Waals surface area contributed by atoms with Crippen molar-refractivity contribution < 1.29 is 4.79 Å². The molecule has 1 rings (SSSR count). The molecule has 0 atom stereocenters. The maximum atomic E-state index is 11.1. The summed E-state index contributed by atoms with van der Waals surface area (Å²) in [5.41, 5.74) is 9.04. The SMILES string of the molecule is CC(=O)Nc1cc(C)c(C)cc1N=C(N)CCl. The number of carbonyl (C=O) groups excluding carboxylic acids is 1. The third kappa shape index (κ3) is 3.75. The van der Waals surface area contributed by atoms with Crippen LogP contribution in [0.4, 0.5) is 11.4 Å². The van der Waals surface area contributed by atoms with E-state index in [1.165, 1.54) is 6.92 Å². The Morgan fingerprint density at radius 3 is 2.53 bits per heavy atom. The van der Waals surface area contributed by atoms with Crippen molar-refractivity contribution in [2.45, 2.75) is 20.8 Å². The van der Waals surface area contributed by atoms with Crippen molar-refractivity contribution in [3.05, 3.63) is 23.3 Å². The van der Waals surface area contributed by atoms with Gasteiger partial charge in [0.2, 0.25) is 5.91 Å². The fourth-order valence-electron chi connectivity index (χ4n) is 1.37. The highest BCUT2D eigenvalue weighted by Gasteiger charge is 2.06. The Hall–Kier alpha value is -1.55. The van der Waals surface area contributed by atoms with Gasteiger partial charge in [-0.3, -0.25) is 4.79 Å². The number of aryl methyl sites for hydroxylation is 2. The summed E-state index contributed by atoms with van der Waals surface area (Å²) >= 11 is 5.59. The van der Waals surface area contributed by atoms with E-state index in [0.717, 1.165) is 11.1 Å². The molecule has 0 unspecified atom stereocenters. The van der Waals surface area contributed by atoms with Crippen LogP contribution in [0, 0.1) is 13.8 Å². The quantitative estimate of drug-likeness (QED) is 0.494. The van der Waals surface area contributed by atoms with Gasteiger partial charge in [0, 0.05) is 6.92 Å². The zero-order valence-electron chi connectivity index (χ0n) is 10.2. The van der Waals surface area contributed by atoms with Crippen molar-refractivity contribution in [3.63, 3.8) is 0 Å². The molecule has 92 valence electrons. The summed E-state index contributed by atoms with van der Waals surface area (Å²) in [5.74, 6) is 0.336. The minimum Gasteiger partial charge on any atom is -0.386 e. The zero-order valence-corrected chi connectivity index (χ0v) is 10.9. The Morgan fingerprint density at radius 2 is 2.00 bits per heavy atom. The summed E-state index contributed by atoms with van der Waals surface area (Å²) in [6.45, 7) is 5.40. The Labute approximate surface area is 106 Å². The third-order valence-electron chi connectivity index (χ3n) is 2.32. The van der Waals surface area contributed by atoms with E-state index in [2.05, 4.69) is 10.3 Å². The standard InChI is InChI=1S/C12H16ClN3O/c1-7-4-10(15-9(3)17)11(5-8(7)2)16-12(14)6-13/h4-5H,6H2,1-3H3,(H2,14,16)(H,15,17). The molecule has 1 aromatic carbocycles. The maximum absolute atomic E-state index is 11.1. The molecule has 0 aliphatic carbocycles. The number of carbonyl (C=O) groups is 1. The number of halogens is 1. The van der Waals surface area contributed by atoms with Crippen molar-refractivity contribution >= 4 is 34.7 Å². The van der Waals surface area contributed by atoms with Crippen LogP contribution in [-0.4, -0.2) is 17.6 Å². The van der Waals surface area contributed by atoms with E-state index < -0.39 is 0 Å². The van der Waals surface area contributed by atoms with Crippen LogP contribution >= 0.6 is 11.6 Å². The van der Waals surface area contributed by atoms with E-state index in [4.69, 9.17) is 17.3 Å². The molecule has 1 amide bonds. The van der Waals surface area contributed by atoms with Crippen molar-refractivity contribution in [1.29, 1.82) is 0 Å². The summed E-state index contributed by atoms with van der Waals surface area (Å²) in [4.78, 5) is 15.3. The van der Waals surface area contributed by atoms with E-state index in [1.807, 2.05) is 26.0 Å². The first-order valence-corrected chi connectivity index (χ1v) is 5.75. The number of alkyl halides is 1. The number of rotatable bonds is 3. The number of anilines is 1. The van der Waals surface area contributed by atoms with Gasteiger partial charge in [-0.1, -0.05) is 0 Å². The molecule has 3 N–H and O–H groups in total. The Bertz CT molecular complexity index is 469. The molecule has 0 aliphatic heterocycles. The first-order chi connectivity index (χ1) is 7.93. The van der Waals surface area contributed by atoms with Gasteiger partial charge in [-0.05, 0) is 37.1 Å². The van der Waals surface area contributed by atoms with E-state index in [-0.39, 0.29) is 11.8 Å². The molecule has 17 heavy (non-hydrogen) atoms. The lowest BCUT2D eigenvalue weighted by molar-refractivity contribution is -0.114. The lowest BCUT2D eigenvalue weighted by Crippen LogP contribution is -2.13. The normalized spacial score (nSPS) is 11.4. The predicted octanol–water partition coefficient (Wildman–Crippen LogP) is 2.49. The topological polar surface area (TPSA) is 67.5 Å². The van der Waals surface area contributed by atoms with Crippen molar-refractivity contribution in [1.82, 2.24) is 0 Å². The van der Waals surface area contributed by atoms with Crippen molar-refractivity contribution in [2.24, 2.45) is 10.7 Å². The van der Waals surface area contributed by atoms with E-state index in [1.54, 1.807) is 0 Å². The highest BCUT2D eigenvalue weighted by molar-refractivity contribution is 6.28. The Balaban J connectivity index is 3.25. The first-order valence-electron chi connectivity index (χ1n) is 5.22. The minimum atomic E-state index is -0.144. The van der Waals surface area contributed by atoms with Gasteiger partial charge in [0.05, 0.1) is 17.3 Å². The van der Waals surface area contributed by atoms with Crippen LogP contribution in [0.2, 0.25) is 0 Å². The van der Waals surface area contributed by atoms with Gasteiger partial charge in [0.1, 0.15) is 5.84 Å². The molecule has 5 heteroatoms. The highest BCUT2D eigenvalue weighted by Crippen LogP contribution is 2.28. The summed E-state index contributed by atoms with van der Waals surface area (Å²) in [5, 5.41) is 2.73. The second kappa shape index (κ2) is 5.68. The fourth-order valence-corrected chi connectivity index (χ4v) is 1.43. The fraction of sp³-hybridized carbons (Fsp3) is 0.333. The largest absolute Gasteiger partial charge is 0.386 e. The number of nitrogens with one attached hydrogen (secondary N) is 1. The van der Waals surface area contributed by atoms with Gasteiger partial charge in [0.15, 0.2) is 0 Å². The van der Waals surface area contributed by atoms with Crippen LogP contribution < -0.4 is 11.1 Å². The van der Waals surface area contributed by atoms with Crippen molar-refractivity contribution in [2.75, 3.05) is 11.2 Å². The number of amides is 1. The summed E-state index contributed by atoms with van der Waals surface area (Å²) < 4.78 is 0. The van der Waals surface area contributed by atoms with Gasteiger partial charge < -0.3 is 11.1 Å². The number of hydrogen-bond donors (Lipinski definition) is 2. The van der Waals surface area contributed by atoms with E-state index in [0.29, 0.717) is 17.2 Å². The molecule has 1 aromatic rings.